The Hall–Kier alpha value is -1.31. The van der Waals surface area contributed by atoms with Gasteiger partial charge in [-0.1, -0.05) is 31.2 Å². The quantitative estimate of drug-likeness (QED) is 0.771. The second-order valence-corrected chi connectivity index (χ2v) is 3.11. The highest BCUT2D eigenvalue weighted by atomic mass is 16.4. The van der Waals surface area contributed by atoms with Gasteiger partial charge >= 0.3 is 5.97 Å². The minimum absolute atomic E-state index is 0.406. The fourth-order valence-corrected chi connectivity index (χ4v) is 1.41. The summed E-state index contributed by atoms with van der Waals surface area (Å²) in [6.45, 7) is 3.75. The Kier molecular flexibility index (Phi) is 3.07. The highest BCUT2D eigenvalue weighted by Gasteiger charge is 2.15. The number of hydrogen-bond acceptors (Lipinski definition) is 1. The molecule has 0 bridgehead atoms. The van der Waals surface area contributed by atoms with Crippen molar-refractivity contribution in [2.45, 2.75) is 26.2 Å². The van der Waals surface area contributed by atoms with Crippen molar-refractivity contribution in [1.82, 2.24) is 0 Å². The number of hydrogen-bond donors (Lipinski definition) is 1. The first-order chi connectivity index (χ1) is 6.16. The molecule has 0 saturated carbocycles. The molecule has 0 fully saturated rings. The van der Waals surface area contributed by atoms with Crippen LogP contribution in [0.15, 0.2) is 24.3 Å². The molecule has 0 radical (unpaired) electrons. The van der Waals surface area contributed by atoms with Crippen LogP contribution in [0.25, 0.3) is 0 Å². The molecule has 0 amide bonds. The Morgan fingerprint density at radius 2 is 2.08 bits per heavy atom. The lowest BCUT2D eigenvalue weighted by Gasteiger charge is -2.10. The number of aliphatic carboxylic acids is 1. The van der Waals surface area contributed by atoms with Crippen LogP contribution in [-0.2, 0) is 11.2 Å². The van der Waals surface area contributed by atoms with Crippen molar-refractivity contribution >= 4 is 5.97 Å². The van der Waals surface area contributed by atoms with E-state index in [0.29, 0.717) is 0 Å². The normalized spacial score (nSPS) is 12.5. The van der Waals surface area contributed by atoms with E-state index in [1.807, 2.05) is 31.2 Å². The Morgan fingerprint density at radius 1 is 1.46 bits per heavy atom. The number of carboxylic acid groups (broad SMARTS) is 1. The van der Waals surface area contributed by atoms with Crippen molar-refractivity contribution in [2.75, 3.05) is 0 Å². The molecule has 0 aliphatic rings. The van der Waals surface area contributed by atoms with Crippen LogP contribution in [0.5, 0.6) is 0 Å². The molecule has 0 aliphatic carbocycles. The van der Waals surface area contributed by atoms with Crippen LogP contribution in [0.2, 0.25) is 0 Å². The van der Waals surface area contributed by atoms with E-state index in [9.17, 15) is 4.79 Å². The Balaban J connectivity index is 3.05. The summed E-state index contributed by atoms with van der Waals surface area (Å²) >= 11 is 0. The number of benzene rings is 1. The van der Waals surface area contributed by atoms with Gasteiger partial charge in [-0.05, 0) is 24.5 Å². The van der Waals surface area contributed by atoms with Crippen molar-refractivity contribution < 1.29 is 9.90 Å². The monoisotopic (exact) mass is 178 g/mol. The molecule has 0 aliphatic heterocycles. The van der Waals surface area contributed by atoms with Crippen LogP contribution >= 0.6 is 0 Å². The van der Waals surface area contributed by atoms with E-state index < -0.39 is 11.9 Å². The lowest BCUT2D eigenvalue weighted by Crippen LogP contribution is -2.09. The van der Waals surface area contributed by atoms with E-state index in [1.54, 1.807) is 6.92 Å². The molecule has 70 valence electrons. The molecule has 2 heteroatoms. The van der Waals surface area contributed by atoms with E-state index in [4.69, 9.17) is 5.11 Å². The fourth-order valence-electron chi connectivity index (χ4n) is 1.41. The maximum Gasteiger partial charge on any atom is 0.310 e. The molecule has 1 aromatic carbocycles. The zero-order chi connectivity index (χ0) is 9.84. The summed E-state index contributed by atoms with van der Waals surface area (Å²) in [6.07, 6.45) is 0.883. The first kappa shape index (κ1) is 9.78. The van der Waals surface area contributed by atoms with Crippen molar-refractivity contribution in [3.63, 3.8) is 0 Å². The summed E-state index contributed by atoms with van der Waals surface area (Å²) < 4.78 is 0. The summed E-state index contributed by atoms with van der Waals surface area (Å²) in [5.74, 6) is -1.17. The number of carboxylic acids is 1. The van der Waals surface area contributed by atoms with E-state index in [0.717, 1.165) is 17.5 Å². The second-order valence-electron chi connectivity index (χ2n) is 3.11. The summed E-state index contributed by atoms with van der Waals surface area (Å²) in [6, 6.07) is 7.69. The molecule has 1 aromatic rings. The molecule has 1 rings (SSSR count). The molecule has 13 heavy (non-hydrogen) atoms. The molecule has 1 unspecified atom stereocenters. The van der Waals surface area contributed by atoms with Crippen LogP contribution in [0, 0.1) is 0 Å². The summed E-state index contributed by atoms with van der Waals surface area (Å²) in [5, 5.41) is 8.86. The SMILES string of the molecule is CCc1ccccc1C(C)C(=O)O. The van der Waals surface area contributed by atoms with E-state index in [-0.39, 0.29) is 0 Å². The average molecular weight is 178 g/mol. The minimum atomic E-state index is -0.763. The Morgan fingerprint density at radius 3 is 2.62 bits per heavy atom. The first-order valence-electron chi connectivity index (χ1n) is 4.47. The van der Waals surface area contributed by atoms with Crippen molar-refractivity contribution in [2.24, 2.45) is 0 Å². The smallest absolute Gasteiger partial charge is 0.310 e. The average Bonchev–Trinajstić information content (AvgIpc) is 2.16. The molecule has 0 aromatic heterocycles. The molecular weight excluding hydrogens is 164 g/mol. The third kappa shape index (κ3) is 2.08. The molecular formula is C11H14O2. The van der Waals surface area contributed by atoms with Crippen LogP contribution in [0.4, 0.5) is 0 Å². The van der Waals surface area contributed by atoms with Gasteiger partial charge in [-0.2, -0.15) is 0 Å². The molecule has 0 spiro atoms. The van der Waals surface area contributed by atoms with Gasteiger partial charge in [0.2, 0.25) is 0 Å². The van der Waals surface area contributed by atoms with Gasteiger partial charge in [0.1, 0.15) is 0 Å². The Bertz CT molecular complexity index is 305. The van der Waals surface area contributed by atoms with Gasteiger partial charge in [-0.25, -0.2) is 0 Å². The lowest BCUT2D eigenvalue weighted by atomic mass is 9.95. The van der Waals surface area contributed by atoms with Crippen LogP contribution in [-0.4, -0.2) is 11.1 Å². The molecule has 2 nitrogen and oxygen atoms in total. The number of rotatable bonds is 3. The maximum absolute atomic E-state index is 10.8. The third-order valence-corrected chi connectivity index (χ3v) is 2.27. The third-order valence-electron chi connectivity index (χ3n) is 2.27. The molecule has 0 saturated heterocycles. The van der Waals surface area contributed by atoms with E-state index >= 15 is 0 Å². The fraction of sp³-hybridized carbons (Fsp3) is 0.364. The number of aryl methyl sites for hydroxylation is 1. The maximum atomic E-state index is 10.8. The van der Waals surface area contributed by atoms with Gasteiger partial charge < -0.3 is 5.11 Å². The number of carbonyl (C=O) groups is 1. The zero-order valence-electron chi connectivity index (χ0n) is 7.95. The van der Waals surface area contributed by atoms with Crippen LogP contribution in [0.1, 0.15) is 30.9 Å². The molecule has 1 atom stereocenters. The highest BCUT2D eigenvalue weighted by Crippen LogP contribution is 2.20. The summed E-state index contributed by atoms with van der Waals surface area (Å²) in [4.78, 5) is 10.8. The first-order valence-corrected chi connectivity index (χ1v) is 4.47. The summed E-state index contributed by atoms with van der Waals surface area (Å²) in [5.41, 5.74) is 2.05. The van der Waals surface area contributed by atoms with Crippen molar-refractivity contribution in [1.29, 1.82) is 0 Å². The molecule has 1 N–H and O–H groups in total. The standard InChI is InChI=1S/C11H14O2/c1-3-9-6-4-5-7-10(9)8(2)11(12)13/h4-8H,3H2,1-2H3,(H,12,13). The molecule has 0 heterocycles. The van der Waals surface area contributed by atoms with Gasteiger partial charge in [0.25, 0.3) is 0 Å². The van der Waals surface area contributed by atoms with E-state index in [1.165, 1.54) is 0 Å². The summed E-state index contributed by atoms with van der Waals surface area (Å²) in [7, 11) is 0. The predicted octanol–water partition coefficient (Wildman–Crippen LogP) is 2.44. The van der Waals surface area contributed by atoms with Crippen molar-refractivity contribution in [3.05, 3.63) is 35.4 Å². The van der Waals surface area contributed by atoms with Crippen LogP contribution < -0.4 is 0 Å². The van der Waals surface area contributed by atoms with Gasteiger partial charge in [-0.15, -0.1) is 0 Å². The zero-order valence-corrected chi connectivity index (χ0v) is 7.95. The topological polar surface area (TPSA) is 37.3 Å². The van der Waals surface area contributed by atoms with E-state index in [2.05, 4.69) is 0 Å². The lowest BCUT2D eigenvalue weighted by molar-refractivity contribution is -0.138. The second kappa shape index (κ2) is 4.08. The predicted molar refractivity (Wildman–Crippen MR) is 51.9 cm³/mol. The minimum Gasteiger partial charge on any atom is -0.481 e. The van der Waals surface area contributed by atoms with Gasteiger partial charge in [0.15, 0.2) is 0 Å². The van der Waals surface area contributed by atoms with Gasteiger partial charge in [0.05, 0.1) is 5.92 Å². The van der Waals surface area contributed by atoms with Crippen molar-refractivity contribution in [3.8, 4) is 0 Å². The van der Waals surface area contributed by atoms with Gasteiger partial charge in [0, 0.05) is 0 Å². The highest BCUT2D eigenvalue weighted by molar-refractivity contribution is 5.76. The Labute approximate surface area is 78.2 Å². The van der Waals surface area contributed by atoms with Crippen LogP contribution in [0.3, 0.4) is 0 Å². The largest absolute Gasteiger partial charge is 0.481 e. The van der Waals surface area contributed by atoms with Gasteiger partial charge in [-0.3, -0.25) is 4.79 Å².